The summed E-state index contributed by atoms with van der Waals surface area (Å²) in [6.45, 7) is 3.57. The number of aryl methyl sites for hydroxylation is 2. The van der Waals surface area contributed by atoms with Gasteiger partial charge < -0.3 is 10.4 Å². The Morgan fingerprint density at radius 1 is 1.33 bits per heavy atom. The molecular formula is C16H15N3O2. The molecule has 0 bridgehead atoms. The third-order valence-corrected chi connectivity index (χ3v) is 3.06. The van der Waals surface area contributed by atoms with Crippen LogP contribution in [0.4, 0.5) is 11.5 Å². The standard InChI is InChI=1S/C16H15N3O2/c1-10-9-11(2)18-15(14(10)16(20)21)19-13-5-3-12(4-6-13)7-8-17/h3-6,9H,7H2,1-2H3,(H,18,19)(H,20,21). The quantitative estimate of drug-likeness (QED) is 0.898. The van der Waals surface area contributed by atoms with Crippen molar-refractivity contribution < 1.29 is 9.90 Å². The van der Waals surface area contributed by atoms with E-state index in [-0.39, 0.29) is 5.56 Å². The molecule has 2 aromatic rings. The van der Waals surface area contributed by atoms with E-state index in [9.17, 15) is 9.90 Å². The first-order valence-electron chi connectivity index (χ1n) is 6.45. The van der Waals surface area contributed by atoms with Crippen molar-refractivity contribution in [2.75, 3.05) is 5.32 Å². The van der Waals surface area contributed by atoms with Gasteiger partial charge in [-0.2, -0.15) is 5.26 Å². The van der Waals surface area contributed by atoms with Gasteiger partial charge in [-0.25, -0.2) is 9.78 Å². The number of pyridine rings is 1. The van der Waals surface area contributed by atoms with Gasteiger partial charge >= 0.3 is 5.97 Å². The van der Waals surface area contributed by atoms with Gasteiger partial charge in [-0.15, -0.1) is 0 Å². The molecule has 2 N–H and O–H groups in total. The molecule has 0 unspecified atom stereocenters. The Bertz CT molecular complexity index is 716. The van der Waals surface area contributed by atoms with Gasteiger partial charge in [0.1, 0.15) is 11.4 Å². The van der Waals surface area contributed by atoms with Crippen LogP contribution < -0.4 is 5.32 Å². The lowest BCUT2D eigenvalue weighted by Gasteiger charge is -2.12. The normalized spacial score (nSPS) is 9.95. The van der Waals surface area contributed by atoms with Gasteiger partial charge in [0, 0.05) is 11.4 Å². The Morgan fingerprint density at radius 2 is 2.00 bits per heavy atom. The SMILES string of the molecule is Cc1cc(C)c(C(=O)O)c(Nc2ccc(CC#N)cc2)n1. The van der Waals surface area contributed by atoms with Gasteiger partial charge in [0.25, 0.3) is 0 Å². The molecule has 5 nitrogen and oxygen atoms in total. The topological polar surface area (TPSA) is 86.0 Å². The molecule has 0 saturated heterocycles. The van der Waals surface area contributed by atoms with E-state index in [1.54, 1.807) is 25.1 Å². The number of aromatic nitrogens is 1. The maximum absolute atomic E-state index is 11.4. The number of nitrogens with one attached hydrogen (secondary N) is 1. The molecule has 1 heterocycles. The Morgan fingerprint density at radius 3 is 2.57 bits per heavy atom. The van der Waals surface area contributed by atoms with E-state index in [2.05, 4.69) is 16.4 Å². The van der Waals surface area contributed by atoms with Crippen LogP contribution >= 0.6 is 0 Å². The number of carbonyl (C=O) groups is 1. The molecule has 0 aliphatic rings. The molecule has 0 atom stereocenters. The number of benzene rings is 1. The highest BCUT2D eigenvalue weighted by Gasteiger charge is 2.15. The fourth-order valence-electron chi connectivity index (χ4n) is 2.13. The zero-order valence-electron chi connectivity index (χ0n) is 11.8. The van der Waals surface area contributed by atoms with Gasteiger partial charge in [-0.3, -0.25) is 0 Å². The molecule has 1 aromatic heterocycles. The summed E-state index contributed by atoms with van der Waals surface area (Å²) in [4.78, 5) is 15.6. The second-order valence-electron chi connectivity index (χ2n) is 4.77. The van der Waals surface area contributed by atoms with Crippen LogP contribution in [0.1, 0.15) is 27.2 Å². The summed E-state index contributed by atoms with van der Waals surface area (Å²) in [6.07, 6.45) is 0.350. The minimum atomic E-state index is -1.01. The maximum Gasteiger partial charge on any atom is 0.339 e. The number of anilines is 2. The van der Waals surface area contributed by atoms with Crippen LogP contribution in [0.15, 0.2) is 30.3 Å². The van der Waals surface area contributed by atoms with Crippen molar-refractivity contribution in [2.45, 2.75) is 20.3 Å². The second kappa shape index (κ2) is 6.06. The van der Waals surface area contributed by atoms with Gasteiger partial charge in [0.05, 0.1) is 12.5 Å². The van der Waals surface area contributed by atoms with Crippen molar-refractivity contribution in [3.05, 3.63) is 52.7 Å². The molecule has 0 aliphatic carbocycles. The van der Waals surface area contributed by atoms with E-state index in [4.69, 9.17) is 5.26 Å². The van der Waals surface area contributed by atoms with Crippen LogP contribution in [0.25, 0.3) is 0 Å². The van der Waals surface area contributed by atoms with Crippen LogP contribution in [0.2, 0.25) is 0 Å². The summed E-state index contributed by atoms with van der Waals surface area (Å²) in [7, 11) is 0. The van der Waals surface area contributed by atoms with Crippen LogP contribution in [-0.4, -0.2) is 16.1 Å². The van der Waals surface area contributed by atoms with Crippen LogP contribution in [0.3, 0.4) is 0 Å². The molecule has 0 fully saturated rings. The minimum absolute atomic E-state index is 0.168. The zero-order chi connectivity index (χ0) is 15.4. The summed E-state index contributed by atoms with van der Waals surface area (Å²) < 4.78 is 0. The summed E-state index contributed by atoms with van der Waals surface area (Å²) in [6, 6.07) is 11.1. The third-order valence-electron chi connectivity index (χ3n) is 3.06. The van der Waals surface area contributed by atoms with Crippen LogP contribution in [-0.2, 0) is 6.42 Å². The molecule has 0 aliphatic heterocycles. The lowest BCUT2D eigenvalue weighted by atomic mass is 10.1. The number of aromatic carboxylic acids is 1. The molecule has 0 radical (unpaired) electrons. The molecule has 2 rings (SSSR count). The van der Waals surface area contributed by atoms with E-state index >= 15 is 0 Å². The lowest BCUT2D eigenvalue weighted by Crippen LogP contribution is -2.08. The predicted molar refractivity (Wildman–Crippen MR) is 79.7 cm³/mol. The lowest BCUT2D eigenvalue weighted by molar-refractivity contribution is 0.0697. The molecule has 1 aromatic carbocycles. The monoisotopic (exact) mass is 281 g/mol. The molecule has 21 heavy (non-hydrogen) atoms. The molecule has 0 spiro atoms. The predicted octanol–water partition coefficient (Wildman–Crippen LogP) is 3.21. The fraction of sp³-hybridized carbons (Fsp3) is 0.188. The highest BCUT2D eigenvalue weighted by molar-refractivity contribution is 5.95. The number of carboxylic acid groups (broad SMARTS) is 1. The number of hydrogen-bond acceptors (Lipinski definition) is 4. The van der Waals surface area contributed by atoms with Crippen LogP contribution in [0.5, 0.6) is 0 Å². The Hall–Kier alpha value is -2.87. The summed E-state index contributed by atoms with van der Waals surface area (Å²) in [5.74, 6) is -0.684. The third kappa shape index (κ3) is 3.37. The molecule has 5 heteroatoms. The minimum Gasteiger partial charge on any atom is -0.478 e. The highest BCUT2D eigenvalue weighted by atomic mass is 16.4. The van der Waals surface area contributed by atoms with Gasteiger partial charge in [0.15, 0.2) is 0 Å². The van der Waals surface area contributed by atoms with Crippen molar-refractivity contribution in [1.82, 2.24) is 4.98 Å². The largest absolute Gasteiger partial charge is 0.478 e. The smallest absolute Gasteiger partial charge is 0.339 e. The van der Waals surface area contributed by atoms with Crippen molar-refractivity contribution in [3.63, 3.8) is 0 Å². The average Bonchev–Trinajstić information content (AvgIpc) is 2.40. The number of nitriles is 1. The summed E-state index contributed by atoms with van der Waals surface area (Å²) in [5.41, 5.74) is 3.23. The van der Waals surface area contributed by atoms with Crippen molar-refractivity contribution in [2.24, 2.45) is 0 Å². The molecule has 0 saturated carbocycles. The first-order chi connectivity index (χ1) is 10.0. The van der Waals surface area contributed by atoms with E-state index in [1.165, 1.54) is 0 Å². The number of nitrogens with zero attached hydrogens (tertiary/aromatic N) is 2. The van der Waals surface area contributed by atoms with Gasteiger partial charge in [-0.1, -0.05) is 12.1 Å². The maximum atomic E-state index is 11.4. The summed E-state index contributed by atoms with van der Waals surface area (Å²) in [5, 5.41) is 21.0. The molecule has 106 valence electrons. The average molecular weight is 281 g/mol. The second-order valence-corrected chi connectivity index (χ2v) is 4.77. The highest BCUT2D eigenvalue weighted by Crippen LogP contribution is 2.23. The number of hydrogen-bond donors (Lipinski definition) is 2. The molecule has 0 amide bonds. The van der Waals surface area contributed by atoms with E-state index in [1.807, 2.05) is 19.1 Å². The van der Waals surface area contributed by atoms with Crippen molar-refractivity contribution >= 4 is 17.5 Å². The van der Waals surface area contributed by atoms with E-state index in [0.717, 1.165) is 16.9 Å². The first kappa shape index (κ1) is 14.5. The van der Waals surface area contributed by atoms with Crippen molar-refractivity contribution in [1.29, 1.82) is 5.26 Å². The Kier molecular flexibility index (Phi) is 4.19. The Balaban J connectivity index is 2.35. The van der Waals surface area contributed by atoms with Crippen LogP contribution in [0, 0.1) is 25.2 Å². The van der Waals surface area contributed by atoms with Gasteiger partial charge in [-0.05, 0) is 43.2 Å². The van der Waals surface area contributed by atoms with E-state index in [0.29, 0.717) is 17.8 Å². The number of carboxylic acids is 1. The molecular weight excluding hydrogens is 266 g/mol. The Labute approximate surface area is 122 Å². The first-order valence-corrected chi connectivity index (χ1v) is 6.45. The number of rotatable bonds is 4. The van der Waals surface area contributed by atoms with Gasteiger partial charge in [0.2, 0.25) is 0 Å². The summed E-state index contributed by atoms with van der Waals surface area (Å²) >= 11 is 0. The fourth-order valence-corrected chi connectivity index (χ4v) is 2.13. The van der Waals surface area contributed by atoms with E-state index < -0.39 is 5.97 Å². The zero-order valence-corrected chi connectivity index (χ0v) is 11.8. The van der Waals surface area contributed by atoms with Crippen molar-refractivity contribution in [3.8, 4) is 6.07 Å².